The van der Waals surface area contributed by atoms with Crippen LogP contribution < -0.4 is 0 Å². The number of benzene rings is 1. The zero-order valence-corrected chi connectivity index (χ0v) is 9.55. The summed E-state index contributed by atoms with van der Waals surface area (Å²) < 4.78 is 18.1. The third-order valence-corrected chi connectivity index (χ3v) is 2.43. The minimum absolute atomic E-state index is 0.0530. The van der Waals surface area contributed by atoms with Crippen LogP contribution in [-0.4, -0.2) is 23.2 Å². The lowest BCUT2D eigenvalue weighted by atomic mass is 10.1. The van der Waals surface area contributed by atoms with Gasteiger partial charge in [-0.1, -0.05) is 6.07 Å². The van der Waals surface area contributed by atoms with Gasteiger partial charge >= 0.3 is 5.97 Å². The molecule has 18 heavy (non-hydrogen) atoms. The monoisotopic (exact) mass is 247 g/mol. The molecule has 0 saturated carbocycles. The second-order valence-electron chi connectivity index (χ2n) is 3.56. The highest BCUT2D eigenvalue weighted by molar-refractivity contribution is 5.90. The molecule has 0 radical (unpaired) electrons. The SMILES string of the molecule is COC(=O)c1ccc(-c2ncccc2O)cc1F. The highest BCUT2D eigenvalue weighted by Gasteiger charge is 2.14. The van der Waals surface area contributed by atoms with Crippen molar-refractivity contribution < 1.29 is 19.0 Å². The van der Waals surface area contributed by atoms with E-state index in [4.69, 9.17) is 0 Å². The topological polar surface area (TPSA) is 59.4 Å². The van der Waals surface area contributed by atoms with Gasteiger partial charge < -0.3 is 9.84 Å². The van der Waals surface area contributed by atoms with Gasteiger partial charge in [-0.15, -0.1) is 0 Å². The maximum atomic E-state index is 13.7. The molecule has 0 atom stereocenters. The third kappa shape index (κ3) is 2.15. The molecule has 2 rings (SSSR count). The molecule has 0 aliphatic carbocycles. The first-order chi connectivity index (χ1) is 8.63. The molecule has 92 valence electrons. The number of rotatable bonds is 2. The van der Waals surface area contributed by atoms with E-state index in [1.54, 1.807) is 6.07 Å². The Kier molecular flexibility index (Phi) is 3.23. The number of aromatic hydroxyl groups is 1. The Labute approximate surface area is 103 Å². The summed E-state index contributed by atoms with van der Waals surface area (Å²) in [6, 6.07) is 6.95. The highest BCUT2D eigenvalue weighted by atomic mass is 19.1. The average Bonchev–Trinajstić information content (AvgIpc) is 2.38. The van der Waals surface area contributed by atoms with Gasteiger partial charge in [0, 0.05) is 11.8 Å². The smallest absolute Gasteiger partial charge is 0.340 e. The summed E-state index contributed by atoms with van der Waals surface area (Å²) in [5, 5.41) is 9.60. The van der Waals surface area contributed by atoms with Crippen molar-refractivity contribution in [3.8, 4) is 17.0 Å². The number of carbonyl (C=O) groups is 1. The van der Waals surface area contributed by atoms with Gasteiger partial charge in [0.25, 0.3) is 0 Å². The van der Waals surface area contributed by atoms with Crippen LogP contribution in [0.1, 0.15) is 10.4 Å². The molecule has 0 aliphatic rings. The molecular weight excluding hydrogens is 237 g/mol. The van der Waals surface area contributed by atoms with Crippen molar-refractivity contribution >= 4 is 5.97 Å². The Hall–Kier alpha value is -2.43. The van der Waals surface area contributed by atoms with E-state index in [2.05, 4.69) is 9.72 Å². The van der Waals surface area contributed by atoms with E-state index in [0.29, 0.717) is 5.56 Å². The molecule has 0 fully saturated rings. The molecule has 2 aromatic rings. The van der Waals surface area contributed by atoms with E-state index in [1.807, 2.05) is 0 Å². The number of aromatic nitrogens is 1. The van der Waals surface area contributed by atoms with Crippen molar-refractivity contribution in [1.29, 1.82) is 0 Å². The van der Waals surface area contributed by atoms with E-state index in [0.717, 1.165) is 6.07 Å². The molecule has 5 heteroatoms. The minimum atomic E-state index is -0.746. The van der Waals surface area contributed by atoms with Crippen molar-refractivity contribution in [2.45, 2.75) is 0 Å². The molecule has 0 spiro atoms. The summed E-state index contributed by atoms with van der Waals surface area (Å²) in [5.41, 5.74) is 0.489. The summed E-state index contributed by atoms with van der Waals surface area (Å²) in [6.45, 7) is 0. The lowest BCUT2D eigenvalue weighted by Crippen LogP contribution is -2.04. The number of esters is 1. The predicted molar refractivity (Wildman–Crippen MR) is 62.6 cm³/mol. The van der Waals surface area contributed by atoms with Crippen LogP contribution in [-0.2, 0) is 4.74 Å². The first-order valence-electron chi connectivity index (χ1n) is 5.15. The molecule has 1 aromatic carbocycles. The van der Waals surface area contributed by atoms with Gasteiger partial charge in [0.1, 0.15) is 17.3 Å². The summed E-state index contributed by atoms with van der Waals surface area (Å²) in [7, 11) is 1.18. The van der Waals surface area contributed by atoms with E-state index < -0.39 is 11.8 Å². The van der Waals surface area contributed by atoms with E-state index in [-0.39, 0.29) is 17.0 Å². The predicted octanol–water partition coefficient (Wildman–Crippen LogP) is 2.38. The van der Waals surface area contributed by atoms with Crippen LogP contribution in [0.25, 0.3) is 11.3 Å². The first kappa shape index (κ1) is 12.0. The Morgan fingerprint density at radius 1 is 1.39 bits per heavy atom. The van der Waals surface area contributed by atoms with Crippen LogP contribution in [0.3, 0.4) is 0 Å². The van der Waals surface area contributed by atoms with Crippen LogP contribution in [0.5, 0.6) is 5.75 Å². The summed E-state index contributed by atoms with van der Waals surface area (Å²) in [6.07, 6.45) is 1.49. The lowest BCUT2D eigenvalue weighted by Gasteiger charge is -2.05. The largest absolute Gasteiger partial charge is 0.506 e. The van der Waals surface area contributed by atoms with Gasteiger partial charge in [-0.3, -0.25) is 4.98 Å². The maximum Gasteiger partial charge on any atom is 0.340 e. The molecule has 0 amide bonds. The van der Waals surface area contributed by atoms with Crippen molar-refractivity contribution in [2.24, 2.45) is 0 Å². The zero-order chi connectivity index (χ0) is 13.1. The van der Waals surface area contributed by atoms with Crippen LogP contribution in [0, 0.1) is 5.82 Å². The van der Waals surface area contributed by atoms with E-state index in [1.165, 1.54) is 31.5 Å². The fraction of sp³-hybridized carbons (Fsp3) is 0.0769. The average molecular weight is 247 g/mol. The quantitative estimate of drug-likeness (QED) is 0.828. The number of pyridine rings is 1. The molecule has 4 nitrogen and oxygen atoms in total. The fourth-order valence-corrected chi connectivity index (χ4v) is 1.56. The Morgan fingerprint density at radius 2 is 2.17 bits per heavy atom. The summed E-state index contributed by atoms with van der Waals surface area (Å²) >= 11 is 0. The molecule has 1 heterocycles. The van der Waals surface area contributed by atoms with Gasteiger partial charge in [0.05, 0.1) is 12.7 Å². The molecule has 0 saturated heterocycles. The highest BCUT2D eigenvalue weighted by Crippen LogP contribution is 2.27. The fourth-order valence-electron chi connectivity index (χ4n) is 1.56. The van der Waals surface area contributed by atoms with Crippen LogP contribution in [0.15, 0.2) is 36.5 Å². The van der Waals surface area contributed by atoms with Gasteiger partial charge in [0.2, 0.25) is 0 Å². The summed E-state index contributed by atoms with van der Waals surface area (Å²) in [5.74, 6) is -1.52. The Morgan fingerprint density at radius 3 is 2.78 bits per heavy atom. The normalized spacial score (nSPS) is 10.1. The van der Waals surface area contributed by atoms with Gasteiger partial charge in [-0.2, -0.15) is 0 Å². The van der Waals surface area contributed by atoms with Crippen LogP contribution in [0.2, 0.25) is 0 Å². The maximum absolute atomic E-state index is 13.7. The van der Waals surface area contributed by atoms with Crippen LogP contribution in [0.4, 0.5) is 4.39 Å². The number of carbonyl (C=O) groups excluding carboxylic acids is 1. The standard InChI is InChI=1S/C13H10FNO3/c1-18-13(17)9-5-4-8(7-10(9)14)12-11(16)3-2-6-15-12/h2-7,16H,1H3. The first-order valence-corrected chi connectivity index (χ1v) is 5.15. The number of methoxy groups -OCH3 is 1. The van der Waals surface area contributed by atoms with Crippen molar-refractivity contribution in [3.63, 3.8) is 0 Å². The van der Waals surface area contributed by atoms with E-state index in [9.17, 15) is 14.3 Å². The van der Waals surface area contributed by atoms with Crippen LogP contribution >= 0.6 is 0 Å². The Bertz CT molecular complexity index is 599. The number of ether oxygens (including phenoxy) is 1. The van der Waals surface area contributed by atoms with Gasteiger partial charge in [0.15, 0.2) is 0 Å². The molecule has 1 N–H and O–H groups in total. The number of hydrogen-bond donors (Lipinski definition) is 1. The van der Waals surface area contributed by atoms with Crippen molar-refractivity contribution in [1.82, 2.24) is 4.98 Å². The molecule has 0 bridgehead atoms. The second-order valence-corrected chi connectivity index (χ2v) is 3.56. The summed E-state index contributed by atoms with van der Waals surface area (Å²) in [4.78, 5) is 15.2. The molecule has 1 aromatic heterocycles. The van der Waals surface area contributed by atoms with Gasteiger partial charge in [-0.25, -0.2) is 9.18 Å². The minimum Gasteiger partial charge on any atom is -0.506 e. The zero-order valence-electron chi connectivity index (χ0n) is 9.55. The molecule has 0 unspecified atom stereocenters. The Balaban J connectivity index is 2.47. The van der Waals surface area contributed by atoms with Gasteiger partial charge in [-0.05, 0) is 24.3 Å². The number of nitrogens with zero attached hydrogens (tertiary/aromatic N) is 1. The third-order valence-electron chi connectivity index (χ3n) is 2.43. The van der Waals surface area contributed by atoms with Crippen molar-refractivity contribution in [2.75, 3.05) is 7.11 Å². The number of hydrogen-bond acceptors (Lipinski definition) is 4. The number of halogens is 1. The molecular formula is C13H10FNO3. The molecule has 0 aliphatic heterocycles. The van der Waals surface area contributed by atoms with Crippen molar-refractivity contribution in [3.05, 3.63) is 47.9 Å². The lowest BCUT2D eigenvalue weighted by molar-refractivity contribution is 0.0595. The van der Waals surface area contributed by atoms with E-state index >= 15 is 0 Å². The second kappa shape index (κ2) is 4.83.